The third-order valence-corrected chi connectivity index (χ3v) is 5.23. The largest absolute Gasteiger partial charge is 0.378 e. The highest BCUT2D eigenvalue weighted by Gasteiger charge is 2.35. The molecular formula is C18H29N3. The highest BCUT2D eigenvalue weighted by atomic mass is 15.2. The van der Waals surface area contributed by atoms with Crippen molar-refractivity contribution in [3.8, 4) is 0 Å². The zero-order chi connectivity index (χ0) is 14.8. The molecule has 3 nitrogen and oxygen atoms in total. The molecule has 3 unspecified atom stereocenters. The summed E-state index contributed by atoms with van der Waals surface area (Å²) in [5.74, 6) is 0. The van der Waals surface area contributed by atoms with Gasteiger partial charge in [-0.2, -0.15) is 0 Å². The van der Waals surface area contributed by atoms with Gasteiger partial charge in [-0.25, -0.2) is 0 Å². The predicted octanol–water partition coefficient (Wildman–Crippen LogP) is 3.03. The molecule has 2 fully saturated rings. The minimum Gasteiger partial charge on any atom is -0.378 e. The third kappa shape index (κ3) is 3.24. The Kier molecular flexibility index (Phi) is 4.51. The number of hydrogen-bond acceptors (Lipinski definition) is 3. The van der Waals surface area contributed by atoms with Gasteiger partial charge in [0.05, 0.1) is 0 Å². The molecule has 3 rings (SSSR count). The zero-order valence-electron chi connectivity index (χ0n) is 13.7. The van der Waals surface area contributed by atoms with Gasteiger partial charge in [-0.15, -0.1) is 0 Å². The molecule has 0 amide bonds. The number of nitrogens with zero attached hydrogens (tertiary/aromatic N) is 2. The molecule has 0 aromatic heterocycles. The summed E-state index contributed by atoms with van der Waals surface area (Å²) in [6.45, 7) is 4.90. The fourth-order valence-corrected chi connectivity index (χ4v) is 3.92. The number of anilines is 1. The van der Waals surface area contributed by atoms with Crippen molar-refractivity contribution in [1.82, 2.24) is 10.2 Å². The number of fused-ring (bicyclic) bond motifs is 1. The summed E-state index contributed by atoms with van der Waals surface area (Å²) >= 11 is 0. The van der Waals surface area contributed by atoms with Gasteiger partial charge in [-0.3, -0.25) is 4.90 Å². The van der Waals surface area contributed by atoms with Gasteiger partial charge in [0.15, 0.2) is 0 Å². The van der Waals surface area contributed by atoms with Gasteiger partial charge in [0.2, 0.25) is 0 Å². The Hall–Kier alpha value is -1.06. The average Bonchev–Trinajstić information content (AvgIpc) is 2.91. The minimum absolute atomic E-state index is 0.438. The summed E-state index contributed by atoms with van der Waals surface area (Å²) in [4.78, 5) is 4.85. The lowest BCUT2D eigenvalue weighted by Gasteiger charge is -2.34. The van der Waals surface area contributed by atoms with Crippen molar-refractivity contribution in [2.45, 2.75) is 50.7 Å². The van der Waals surface area contributed by atoms with E-state index in [1.807, 2.05) is 0 Å². The summed E-state index contributed by atoms with van der Waals surface area (Å²) in [7, 11) is 4.18. The number of hydrogen-bond donors (Lipinski definition) is 1. The van der Waals surface area contributed by atoms with E-state index in [-0.39, 0.29) is 0 Å². The van der Waals surface area contributed by atoms with Crippen molar-refractivity contribution in [1.29, 1.82) is 0 Å². The smallest absolute Gasteiger partial charge is 0.0361 e. The molecular weight excluding hydrogens is 258 g/mol. The highest BCUT2D eigenvalue weighted by Crippen LogP contribution is 2.29. The van der Waals surface area contributed by atoms with Crippen LogP contribution in [0.15, 0.2) is 24.3 Å². The molecule has 2 heterocycles. The Morgan fingerprint density at radius 1 is 1.10 bits per heavy atom. The molecule has 0 radical (unpaired) electrons. The molecule has 116 valence electrons. The molecule has 1 N–H and O–H groups in total. The van der Waals surface area contributed by atoms with Crippen LogP contribution < -0.4 is 10.2 Å². The monoisotopic (exact) mass is 287 g/mol. The lowest BCUT2D eigenvalue weighted by atomic mass is 9.97. The van der Waals surface area contributed by atoms with E-state index in [0.29, 0.717) is 12.1 Å². The van der Waals surface area contributed by atoms with Crippen molar-refractivity contribution in [3.63, 3.8) is 0 Å². The fourth-order valence-electron chi connectivity index (χ4n) is 3.92. The lowest BCUT2D eigenvalue weighted by Crippen LogP contribution is -2.45. The van der Waals surface area contributed by atoms with E-state index < -0.39 is 0 Å². The summed E-state index contributed by atoms with van der Waals surface area (Å²) in [6, 6.07) is 10.9. The molecule has 2 saturated heterocycles. The molecule has 1 aromatic carbocycles. The molecule has 3 atom stereocenters. The summed E-state index contributed by atoms with van der Waals surface area (Å²) in [5.41, 5.74) is 2.67. The summed E-state index contributed by atoms with van der Waals surface area (Å²) in [6.07, 6.45) is 5.49. The molecule has 2 aliphatic rings. The Morgan fingerprint density at radius 2 is 1.86 bits per heavy atom. The van der Waals surface area contributed by atoms with E-state index in [4.69, 9.17) is 0 Å². The Balaban J connectivity index is 1.62. The molecule has 0 spiro atoms. The van der Waals surface area contributed by atoms with Gasteiger partial charge in [0.25, 0.3) is 0 Å². The van der Waals surface area contributed by atoms with E-state index in [0.717, 1.165) is 6.04 Å². The van der Waals surface area contributed by atoms with Crippen molar-refractivity contribution in [2.75, 3.05) is 32.1 Å². The first kappa shape index (κ1) is 14.9. The second-order valence-corrected chi connectivity index (χ2v) is 6.87. The van der Waals surface area contributed by atoms with Crippen molar-refractivity contribution < 1.29 is 0 Å². The zero-order valence-corrected chi connectivity index (χ0v) is 13.7. The van der Waals surface area contributed by atoms with E-state index in [1.165, 1.54) is 50.0 Å². The lowest BCUT2D eigenvalue weighted by molar-refractivity contribution is 0.177. The van der Waals surface area contributed by atoms with Crippen molar-refractivity contribution >= 4 is 5.69 Å². The number of nitrogens with one attached hydrogen (secondary N) is 1. The maximum atomic E-state index is 3.89. The minimum atomic E-state index is 0.438. The topological polar surface area (TPSA) is 18.5 Å². The van der Waals surface area contributed by atoms with Gasteiger partial charge in [0.1, 0.15) is 0 Å². The van der Waals surface area contributed by atoms with Crippen LogP contribution in [0.25, 0.3) is 0 Å². The first-order chi connectivity index (χ1) is 10.1. The standard InChI is InChI=1S/C18H29N3/c1-14(15-7-9-16(10-8-15)20(2)3)19-17-11-13-21-12-5-4-6-18(17)21/h7-10,14,17-19H,4-6,11-13H2,1-3H3. The Morgan fingerprint density at radius 3 is 2.57 bits per heavy atom. The SMILES string of the molecule is CC(NC1CCN2CCCCC12)c1ccc(N(C)C)cc1. The maximum Gasteiger partial charge on any atom is 0.0361 e. The summed E-state index contributed by atoms with van der Waals surface area (Å²) < 4.78 is 0. The van der Waals surface area contributed by atoms with Crippen LogP contribution in [-0.4, -0.2) is 44.2 Å². The molecule has 21 heavy (non-hydrogen) atoms. The van der Waals surface area contributed by atoms with Crippen LogP contribution in [0.4, 0.5) is 5.69 Å². The van der Waals surface area contributed by atoms with E-state index in [2.05, 4.69) is 60.4 Å². The number of rotatable bonds is 4. The molecule has 0 aliphatic carbocycles. The van der Waals surface area contributed by atoms with Gasteiger partial charge in [-0.05, 0) is 50.4 Å². The summed E-state index contributed by atoms with van der Waals surface area (Å²) in [5, 5.41) is 3.89. The highest BCUT2D eigenvalue weighted by molar-refractivity contribution is 5.46. The number of benzene rings is 1. The molecule has 3 heteroatoms. The van der Waals surface area contributed by atoms with Crippen LogP contribution in [0.5, 0.6) is 0 Å². The van der Waals surface area contributed by atoms with Gasteiger partial charge in [0, 0.05) is 44.5 Å². The van der Waals surface area contributed by atoms with Gasteiger partial charge in [-0.1, -0.05) is 18.6 Å². The quantitative estimate of drug-likeness (QED) is 0.918. The Labute approximate surface area is 129 Å². The third-order valence-electron chi connectivity index (χ3n) is 5.23. The first-order valence-corrected chi connectivity index (χ1v) is 8.42. The van der Waals surface area contributed by atoms with Gasteiger partial charge >= 0.3 is 0 Å². The molecule has 0 saturated carbocycles. The Bertz CT molecular complexity index is 454. The van der Waals surface area contributed by atoms with E-state index >= 15 is 0 Å². The van der Waals surface area contributed by atoms with Gasteiger partial charge < -0.3 is 10.2 Å². The van der Waals surface area contributed by atoms with Crippen LogP contribution in [0, 0.1) is 0 Å². The maximum absolute atomic E-state index is 3.89. The number of piperidine rings is 1. The van der Waals surface area contributed by atoms with Crippen LogP contribution in [0.3, 0.4) is 0 Å². The van der Waals surface area contributed by atoms with Crippen LogP contribution >= 0.6 is 0 Å². The normalized spacial score (nSPS) is 27.4. The van der Waals surface area contributed by atoms with Crippen LogP contribution in [-0.2, 0) is 0 Å². The van der Waals surface area contributed by atoms with Crippen LogP contribution in [0.1, 0.15) is 44.2 Å². The van der Waals surface area contributed by atoms with Crippen molar-refractivity contribution in [3.05, 3.63) is 29.8 Å². The van der Waals surface area contributed by atoms with E-state index in [9.17, 15) is 0 Å². The van der Waals surface area contributed by atoms with E-state index in [1.54, 1.807) is 0 Å². The predicted molar refractivity (Wildman–Crippen MR) is 89.9 cm³/mol. The average molecular weight is 287 g/mol. The first-order valence-electron chi connectivity index (χ1n) is 8.42. The molecule has 2 aliphatic heterocycles. The second kappa shape index (κ2) is 6.37. The fraction of sp³-hybridized carbons (Fsp3) is 0.667. The van der Waals surface area contributed by atoms with Crippen molar-refractivity contribution in [2.24, 2.45) is 0 Å². The van der Waals surface area contributed by atoms with Crippen LogP contribution in [0.2, 0.25) is 0 Å². The molecule has 1 aromatic rings. The molecule has 0 bridgehead atoms. The second-order valence-electron chi connectivity index (χ2n) is 6.87.